The van der Waals surface area contributed by atoms with Crippen molar-refractivity contribution in [2.45, 2.75) is 230 Å². The van der Waals surface area contributed by atoms with Crippen molar-refractivity contribution in [1.82, 2.24) is 9.80 Å². The van der Waals surface area contributed by atoms with E-state index in [1.165, 1.54) is 179 Å². The number of benzene rings is 1. The van der Waals surface area contributed by atoms with Gasteiger partial charge in [0, 0.05) is 67.2 Å². The zero-order valence-corrected chi connectivity index (χ0v) is 50.3. The SMILES string of the molecule is NCCCc1cccc2c1C(=O)O[C@@]21[C@H]2C[C@H](C3CCCCC3)/C=C\[C@H]3C4=C5CC[C@]16/C(=C(\O)C[C@H]([C@H]1CC7(CCCC7)[C@]7(CCCC78CCCC8)C1)N1C[C@H]7C[C@@H](C1)[C@@H]1CCC8=C([C@@H]5[C@@H]5[C@H]3C=CC3(CCCCC3)[C@@H]5C8)N1C7)OC(=O)[C@]426. The first-order valence-corrected chi connectivity index (χ1v) is 35.7. The number of hydrogen-bond donors (Lipinski definition) is 2. The molecular weight excluding hydrogens is 1020 g/mol. The Morgan fingerprint density at radius 1 is 0.723 bits per heavy atom. The molecule has 1 aromatic carbocycles. The molecule has 0 aromatic heterocycles. The quantitative estimate of drug-likeness (QED) is 0.222. The number of nitrogens with zero attached hydrogens (tertiary/aromatic N) is 2. The monoisotopic (exact) mass is 1120 g/mol. The van der Waals surface area contributed by atoms with Crippen molar-refractivity contribution in [3.8, 4) is 0 Å². The third-order valence-corrected chi connectivity index (χ3v) is 30.9. The van der Waals surface area contributed by atoms with Gasteiger partial charge in [-0.05, 0) is 222 Å². The first-order valence-electron chi connectivity index (χ1n) is 35.7. The van der Waals surface area contributed by atoms with Gasteiger partial charge < -0.3 is 25.2 Å². The average molecular weight is 1120 g/mol. The molecule has 7 saturated carbocycles. The van der Waals surface area contributed by atoms with Crippen LogP contribution in [-0.4, -0.2) is 65.1 Å². The zero-order chi connectivity index (χ0) is 55.0. The van der Waals surface area contributed by atoms with Crippen molar-refractivity contribution >= 4 is 11.9 Å². The number of nitrogens with two attached hydrogens (primary N) is 1. The maximum absolute atomic E-state index is 17.2. The predicted molar refractivity (Wildman–Crippen MR) is 321 cm³/mol. The Bertz CT molecular complexity index is 3110. The molecule has 9 aliphatic heterocycles. The molecule has 10 fully saturated rings. The van der Waals surface area contributed by atoms with E-state index >= 15 is 9.59 Å². The van der Waals surface area contributed by atoms with E-state index in [0.717, 1.165) is 50.0 Å². The minimum atomic E-state index is -1.16. The van der Waals surface area contributed by atoms with Crippen LogP contribution in [0.5, 0.6) is 0 Å². The van der Waals surface area contributed by atoms with Crippen molar-refractivity contribution in [1.29, 1.82) is 0 Å². The fourth-order valence-electron chi connectivity index (χ4n) is 28.6. The second-order valence-electron chi connectivity index (χ2n) is 32.9. The van der Waals surface area contributed by atoms with Gasteiger partial charge in [0.25, 0.3) is 0 Å². The molecule has 8 heteroatoms. The van der Waals surface area contributed by atoms with Gasteiger partial charge in [0.15, 0.2) is 11.4 Å². The zero-order valence-electron chi connectivity index (χ0n) is 50.3. The summed E-state index contributed by atoms with van der Waals surface area (Å²) in [7, 11) is 0. The van der Waals surface area contributed by atoms with Crippen LogP contribution in [0.25, 0.3) is 0 Å². The third kappa shape index (κ3) is 6.12. The normalized spacial score (nSPS) is 47.9. The van der Waals surface area contributed by atoms with Crippen molar-refractivity contribution < 1.29 is 24.2 Å². The average Bonchev–Trinajstić information content (AvgIpc) is 1.57. The number of carbonyl (C=O) groups is 2. The van der Waals surface area contributed by atoms with Gasteiger partial charge >= 0.3 is 11.9 Å². The lowest BCUT2D eigenvalue weighted by molar-refractivity contribution is -0.283. The van der Waals surface area contributed by atoms with Gasteiger partial charge in [-0.3, -0.25) is 9.69 Å². The van der Waals surface area contributed by atoms with Crippen molar-refractivity contribution in [2.24, 2.45) is 103 Å². The summed E-state index contributed by atoms with van der Waals surface area (Å²) in [5, 5.41) is 14.3. The van der Waals surface area contributed by atoms with Crippen LogP contribution in [0.2, 0.25) is 0 Å². The fourth-order valence-corrected chi connectivity index (χ4v) is 28.6. The Morgan fingerprint density at radius 3 is 2.35 bits per heavy atom. The molecule has 21 aliphatic rings. The summed E-state index contributed by atoms with van der Waals surface area (Å²) in [6.45, 7) is 3.93. The van der Waals surface area contributed by atoms with Crippen molar-refractivity contribution in [2.75, 3.05) is 26.2 Å². The molecule has 12 aliphatic carbocycles. The molecule has 3 saturated heterocycles. The van der Waals surface area contributed by atoms with Crippen LogP contribution in [0.15, 0.2) is 76.4 Å². The van der Waals surface area contributed by atoms with E-state index in [0.29, 0.717) is 101 Å². The molecule has 22 rings (SSSR count). The second kappa shape index (κ2) is 17.8. The van der Waals surface area contributed by atoms with Gasteiger partial charge in [0.05, 0.1) is 11.0 Å². The summed E-state index contributed by atoms with van der Waals surface area (Å²) in [6.07, 6.45) is 51.3. The summed E-state index contributed by atoms with van der Waals surface area (Å²) in [6, 6.07) is 7.27. The summed E-state index contributed by atoms with van der Waals surface area (Å²) < 4.78 is 15.2. The molecular formula is C75H97N3O5. The number of esters is 2. The van der Waals surface area contributed by atoms with Crippen LogP contribution in [0, 0.1) is 97.6 Å². The Hall–Kier alpha value is -3.62. The number of aliphatic hydroxyl groups excluding tert-OH is 1. The van der Waals surface area contributed by atoms with Crippen LogP contribution in [-0.2, 0) is 26.3 Å². The summed E-state index contributed by atoms with van der Waals surface area (Å²) in [5.41, 5.74) is 13.7. The highest BCUT2D eigenvalue weighted by molar-refractivity contribution is 6.00. The molecule has 3 N–H and O–H groups in total. The van der Waals surface area contributed by atoms with Crippen molar-refractivity contribution in [3.63, 3.8) is 0 Å². The molecule has 442 valence electrons. The van der Waals surface area contributed by atoms with E-state index in [2.05, 4.69) is 52.3 Å². The van der Waals surface area contributed by atoms with E-state index in [4.69, 9.17) is 15.2 Å². The minimum Gasteiger partial charge on any atom is -0.509 e. The first-order chi connectivity index (χ1) is 40.6. The lowest BCUT2D eigenvalue weighted by atomic mass is 9.26. The van der Waals surface area contributed by atoms with E-state index in [1.807, 2.05) is 0 Å². The number of carbonyl (C=O) groups excluding carboxylic acids is 2. The van der Waals surface area contributed by atoms with E-state index in [1.54, 1.807) is 16.8 Å². The molecule has 1 aromatic rings. The Morgan fingerprint density at radius 2 is 1.52 bits per heavy atom. The van der Waals surface area contributed by atoms with E-state index in [-0.39, 0.29) is 53.0 Å². The smallest absolute Gasteiger partial charge is 0.339 e. The van der Waals surface area contributed by atoms with Gasteiger partial charge in [0.1, 0.15) is 11.2 Å². The summed E-state index contributed by atoms with van der Waals surface area (Å²) >= 11 is 0. The Labute approximate surface area is 495 Å². The third-order valence-electron chi connectivity index (χ3n) is 30.9. The number of fused-ring (bicyclic) bond motifs is 7. The van der Waals surface area contributed by atoms with Gasteiger partial charge in [-0.1, -0.05) is 124 Å². The number of hydrogen-bond acceptors (Lipinski definition) is 8. The number of aryl methyl sites for hydroxylation is 1. The van der Waals surface area contributed by atoms with Crippen LogP contribution in [0.4, 0.5) is 0 Å². The number of allylic oxidation sites excluding steroid dienone is 6. The van der Waals surface area contributed by atoms with Crippen molar-refractivity contribution in [3.05, 3.63) is 93.1 Å². The Kier molecular flexibility index (Phi) is 11.0. The van der Waals surface area contributed by atoms with E-state index in [9.17, 15) is 5.11 Å². The summed E-state index contributed by atoms with van der Waals surface area (Å²) in [5.74, 6) is 4.27. The largest absolute Gasteiger partial charge is 0.509 e. The highest BCUT2D eigenvalue weighted by atomic mass is 16.6. The van der Waals surface area contributed by atoms with Crippen LogP contribution >= 0.6 is 0 Å². The van der Waals surface area contributed by atoms with Gasteiger partial charge in [0.2, 0.25) is 0 Å². The molecule has 0 radical (unpaired) electrons. The molecule has 0 amide bonds. The number of ether oxygens (including phenoxy) is 2. The lowest BCUT2D eigenvalue weighted by Crippen LogP contribution is -2.78. The predicted octanol–water partition coefficient (Wildman–Crippen LogP) is 15.3. The Balaban J connectivity index is 0.874. The molecule has 8 nitrogen and oxygen atoms in total. The molecule has 1 unspecified atom stereocenters. The standard InChI is InChI=1S/C75H97N3O5/c76-35-12-17-47-16-11-18-55-61(47)67(80)83-75(55)60-38-48(46-14-3-1-4-15-46)19-21-53-52-23-33-69(25-5-2-6-26-69)56-37-49-20-22-57-50-36-45-42-77(44-50)58(51-40-71(29-9-10-30-71)72(41-51)32-13-31-70(72)27-7-8-28-70)39-59(79)66-73(75)34-24-54(64(53)74(60,73)68(81)82-66)63(62(52)56)65(49)78(57)43-45/h11,16,18-19,21,23,33,45-46,48,50-53,56-58,60,62-63,79H,1-10,12-15,17,20,22,24-32,34-44,76H2/b21-19-,66-59+/t45-,48-,50+,51+,52+,53-,56-,57+,58-,60+,62-,63+,72-,73-,74-,75-/m1/s1. The van der Waals surface area contributed by atoms with E-state index < -0.39 is 16.4 Å². The van der Waals surface area contributed by atoms with Gasteiger partial charge in [-0.25, -0.2) is 4.79 Å². The molecule has 7 spiro atoms. The summed E-state index contributed by atoms with van der Waals surface area (Å²) in [4.78, 5) is 39.0. The topological polar surface area (TPSA) is 105 Å². The molecule has 9 heterocycles. The maximum atomic E-state index is 17.2. The fraction of sp³-hybridized carbons (Fsp3) is 0.760. The number of piperidine rings is 2. The molecule has 12 bridgehead atoms. The minimum absolute atomic E-state index is 0.0444. The highest BCUT2D eigenvalue weighted by Crippen LogP contribution is 2.89. The van der Waals surface area contributed by atoms with Gasteiger partial charge in [-0.15, -0.1) is 0 Å². The first kappa shape index (κ1) is 51.4. The van der Waals surface area contributed by atoms with Crippen LogP contribution in [0.1, 0.15) is 227 Å². The molecule has 83 heavy (non-hydrogen) atoms. The van der Waals surface area contributed by atoms with Gasteiger partial charge in [-0.2, -0.15) is 0 Å². The number of rotatable bonds is 5. The molecule has 17 atom stereocenters. The highest BCUT2D eigenvalue weighted by Gasteiger charge is 2.94. The number of aliphatic hydroxyl groups is 1. The van der Waals surface area contributed by atoms with Crippen LogP contribution < -0.4 is 5.73 Å². The van der Waals surface area contributed by atoms with Crippen LogP contribution in [0.3, 0.4) is 0 Å². The maximum Gasteiger partial charge on any atom is 0.339 e. The lowest BCUT2D eigenvalue weighted by Gasteiger charge is -2.74. The second-order valence-corrected chi connectivity index (χ2v) is 32.9.